The van der Waals surface area contributed by atoms with Gasteiger partial charge in [0.2, 0.25) is 0 Å². The van der Waals surface area contributed by atoms with Gasteiger partial charge in [0, 0.05) is 25.0 Å². The highest BCUT2D eigenvalue weighted by atomic mass is 16.1. The van der Waals surface area contributed by atoms with Crippen molar-refractivity contribution in [1.82, 2.24) is 4.98 Å². The molecule has 110 valence electrons. The molecule has 0 atom stereocenters. The van der Waals surface area contributed by atoms with Gasteiger partial charge in [-0.05, 0) is 43.7 Å². The number of carbonyl (C=O) groups excluding carboxylic acids is 1. The normalized spacial score (nSPS) is 22.5. The maximum absolute atomic E-state index is 11.2. The fraction of sp³-hybridized carbons (Fsp3) is 0.625. The summed E-state index contributed by atoms with van der Waals surface area (Å²) in [4.78, 5) is 17.5. The van der Waals surface area contributed by atoms with Crippen LogP contribution in [-0.4, -0.2) is 24.0 Å². The van der Waals surface area contributed by atoms with Gasteiger partial charge in [0.15, 0.2) is 0 Å². The minimum atomic E-state index is -0.466. The van der Waals surface area contributed by atoms with E-state index in [1.807, 2.05) is 6.07 Å². The number of anilines is 1. The fourth-order valence-electron chi connectivity index (χ4n) is 3.21. The lowest BCUT2D eigenvalue weighted by molar-refractivity contribution is 0.0995. The lowest BCUT2D eigenvalue weighted by Gasteiger charge is -2.36. The Morgan fingerprint density at radius 2 is 2.10 bits per heavy atom. The van der Waals surface area contributed by atoms with Crippen LogP contribution in [0.25, 0.3) is 0 Å². The molecule has 20 heavy (non-hydrogen) atoms. The molecule has 1 aromatic rings. The Morgan fingerprint density at radius 3 is 2.70 bits per heavy atom. The van der Waals surface area contributed by atoms with Gasteiger partial charge in [-0.15, -0.1) is 0 Å². The number of nitrogens with zero attached hydrogens (tertiary/aromatic N) is 2. The highest BCUT2D eigenvalue weighted by Gasteiger charge is 2.24. The molecule has 1 aromatic heterocycles. The van der Waals surface area contributed by atoms with E-state index in [1.165, 1.54) is 38.5 Å². The lowest BCUT2D eigenvalue weighted by atomic mass is 9.83. The summed E-state index contributed by atoms with van der Waals surface area (Å²) in [6.45, 7) is 2.26. The molecule has 2 rings (SSSR count). The Kier molecular flexibility index (Phi) is 4.99. The van der Waals surface area contributed by atoms with Crippen molar-refractivity contribution in [3.05, 3.63) is 24.0 Å². The van der Waals surface area contributed by atoms with Crippen LogP contribution < -0.4 is 10.6 Å². The van der Waals surface area contributed by atoms with Gasteiger partial charge in [-0.25, -0.2) is 0 Å². The molecule has 4 nitrogen and oxygen atoms in total. The minimum Gasteiger partial charge on any atom is -0.372 e. The third-order valence-corrected chi connectivity index (χ3v) is 4.46. The number of pyridine rings is 1. The minimum absolute atomic E-state index is 0.342. The zero-order chi connectivity index (χ0) is 14.5. The second-order valence-electron chi connectivity index (χ2n) is 5.84. The Morgan fingerprint density at radius 1 is 1.40 bits per heavy atom. The highest BCUT2D eigenvalue weighted by Crippen LogP contribution is 2.31. The van der Waals surface area contributed by atoms with Crippen LogP contribution in [0.2, 0.25) is 0 Å². The van der Waals surface area contributed by atoms with E-state index in [4.69, 9.17) is 5.73 Å². The quantitative estimate of drug-likeness (QED) is 0.898. The first-order chi connectivity index (χ1) is 9.61. The van der Waals surface area contributed by atoms with Crippen LogP contribution in [0.4, 0.5) is 5.69 Å². The van der Waals surface area contributed by atoms with Gasteiger partial charge in [-0.1, -0.05) is 19.8 Å². The Labute approximate surface area is 121 Å². The van der Waals surface area contributed by atoms with E-state index in [0.29, 0.717) is 11.7 Å². The second-order valence-corrected chi connectivity index (χ2v) is 5.84. The summed E-state index contributed by atoms with van der Waals surface area (Å²) in [6, 6.07) is 4.30. The van der Waals surface area contributed by atoms with Crippen LogP contribution >= 0.6 is 0 Å². The van der Waals surface area contributed by atoms with Crippen molar-refractivity contribution < 1.29 is 4.79 Å². The van der Waals surface area contributed by atoms with Gasteiger partial charge >= 0.3 is 0 Å². The molecule has 0 aromatic carbocycles. The summed E-state index contributed by atoms with van der Waals surface area (Å²) in [5.74, 6) is 0.440. The average Bonchev–Trinajstić information content (AvgIpc) is 2.48. The molecule has 1 aliphatic rings. The molecule has 4 heteroatoms. The first-order valence-corrected chi connectivity index (χ1v) is 7.60. The first kappa shape index (κ1) is 14.8. The highest BCUT2D eigenvalue weighted by molar-refractivity contribution is 5.91. The van der Waals surface area contributed by atoms with Crippen LogP contribution in [0.1, 0.15) is 55.9 Å². The summed E-state index contributed by atoms with van der Waals surface area (Å²) in [6.07, 6.45) is 9.40. The Hall–Kier alpha value is -1.58. The van der Waals surface area contributed by atoms with Crippen LogP contribution in [0.15, 0.2) is 18.3 Å². The average molecular weight is 275 g/mol. The maximum Gasteiger partial charge on any atom is 0.267 e. The van der Waals surface area contributed by atoms with E-state index < -0.39 is 5.91 Å². The molecule has 2 N–H and O–H groups in total. The van der Waals surface area contributed by atoms with E-state index in [2.05, 4.69) is 23.9 Å². The number of amides is 1. The molecule has 1 fully saturated rings. The van der Waals surface area contributed by atoms with Gasteiger partial charge < -0.3 is 10.6 Å². The zero-order valence-corrected chi connectivity index (χ0v) is 12.5. The summed E-state index contributed by atoms with van der Waals surface area (Å²) >= 11 is 0. The van der Waals surface area contributed by atoms with Crippen molar-refractivity contribution in [2.45, 2.75) is 51.5 Å². The van der Waals surface area contributed by atoms with Crippen molar-refractivity contribution in [3.63, 3.8) is 0 Å². The molecule has 1 aliphatic carbocycles. The lowest BCUT2D eigenvalue weighted by Crippen LogP contribution is -2.35. The number of hydrogen-bond acceptors (Lipinski definition) is 3. The van der Waals surface area contributed by atoms with Crippen molar-refractivity contribution in [1.29, 1.82) is 0 Å². The summed E-state index contributed by atoms with van der Waals surface area (Å²) < 4.78 is 0. The molecular formula is C16H25N3O. The topological polar surface area (TPSA) is 59.2 Å². The van der Waals surface area contributed by atoms with Crippen molar-refractivity contribution in [2.75, 3.05) is 11.9 Å². The van der Waals surface area contributed by atoms with E-state index in [1.54, 1.807) is 12.3 Å². The van der Waals surface area contributed by atoms with Gasteiger partial charge in [0.25, 0.3) is 5.91 Å². The summed E-state index contributed by atoms with van der Waals surface area (Å²) in [5, 5.41) is 0. The molecule has 1 amide bonds. The van der Waals surface area contributed by atoms with Crippen molar-refractivity contribution in [2.24, 2.45) is 11.7 Å². The van der Waals surface area contributed by atoms with E-state index >= 15 is 0 Å². The Bertz CT molecular complexity index is 453. The maximum atomic E-state index is 11.2. The molecule has 0 aliphatic heterocycles. The van der Waals surface area contributed by atoms with E-state index in [0.717, 1.165) is 11.6 Å². The molecule has 0 unspecified atom stereocenters. The van der Waals surface area contributed by atoms with E-state index in [9.17, 15) is 4.79 Å². The van der Waals surface area contributed by atoms with Crippen LogP contribution in [0, 0.1) is 5.92 Å². The monoisotopic (exact) mass is 275 g/mol. The van der Waals surface area contributed by atoms with E-state index in [-0.39, 0.29) is 0 Å². The van der Waals surface area contributed by atoms with Crippen LogP contribution in [-0.2, 0) is 0 Å². The number of carbonyl (C=O) groups is 1. The molecule has 0 bridgehead atoms. The van der Waals surface area contributed by atoms with Crippen LogP contribution in [0.3, 0.4) is 0 Å². The molecular weight excluding hydrogens is 250 g/mol. The third-order valence-electron chi connectivity index (χ3n) is 4.46. The summed E-state index contributed by atoms with van der Waals surface area (Å²) in [5.41, 5.74) is 6.67. The Balaban J connectivity index is 1.99. The van der Waals surface area contributed by atoms with Crippen molar-refractivity contribution in [3.8, 4) is 0 Å². The number of hydrogen-bond donors (Lipinski definition) is 1. The first-order valence-electron chi connectivity index (χ1n) is 7.60. The molecule has 1 saturated carbocycles. The fourth-order valence-corrected chi connectivity index (χ4v) is 3.21. The number of rotatable bonds is 5. The summed E-state index contributed by atoms with van der Waals surface area (Å²) in [7, 11) is 2.10. The molecule has 0 spiro atoms. The number of primary amides is 1. The molecule has 0 saturated heterocycles. The SMILES string of the molecule is CCCC1CCC(N(C)c2ccnc(C(N)=O)c2)CC1. The number of nitrogens with two attached hydrogens (primary N) is 1. The van der Waals surface area contributed by atoms with Crippen LogP contribution in [0.5, 0.6) is 0 Å². The van der Waals surface area contributed by atoms with Crippen molar-refractivity contribution >= 4 is 11.6 Å². The van der Waals surface area contributed by atoms with Gasteiger partial charge in [0.05, 0.1) is 0 Å². The van der Waals surface area contributed by atoms with Gasteiger partial charge in [0.1, 0.15) is 5.69 Å². The molecule has 1 heterocycles. The largest absolute Gasteiger partial charge is 0.372 e. The third kappa shape index (κ3) is 3.50. The predicted octanol–water partition coefficient (Wildman–Crippen LogP) is 2.98. The zero-order valence-electron chi connectivity index (χ0n) is 12.5. The second kappa shape index (κ2) is 6.73. The number of aromatic nitrogens is 1. The van der Waals surface area contributed by atoms with Gasteiger partial charge in [-0.3, -0.25) is 9.78 Å². The smallest absolute Gasteiger partial charge is 0.267 e. The standard InChI is InChI=1S/C16H25N3O/c1-3-4-12-5-7-13(8-6-12)19(2)14-9-10-18-15(11-14)16(17)20/h9-13H,3-8H2,1-2H3,(H2,17,20). The predicted molar refractivity (Wildman–Crippen MR) is 81.8 cm³/mol. The molecule has 0 radical (unpaired) electrons. The van der Waals surface area contributed by atoms with Gasteiger partial charge in [-0.2, -0.15) is 0 Å².